The SMILES string of the molecule is CCN1CCN(CCCOc2ccccc2Cc2ccccc2)CC1. The van der Waals surface area contributed by atoms with Gasteiger partial charge in [-0.25, -0.2) is 0 Å². The second-order valence-electron chi connectivity index (χ2n) is 6.75. The zero-order valence-corrected chi connectivity index (χ0v) is 15.4. The second kappa shape index (κ2) is 9.59. The average Bonchev–Trinajstić information content (AvgIpc) is 2.68. The highest BCUT2D eigenvalue weighted by Crippen LogP contribution is 2.21. The average molecular weight is 338 g/mol. The van der Waals surface area contributed by atoms with Crippen LogP contribution in [0.4, 0.5) is 0 Å². The Morgan fingerprint density at radius 3 is 2.28 bits per heavy atom. The Morgan fingerprint density at radius 2 is 1.52 bits per heavy atom. The van der Waals surface area contributed by atoms with E-state index >= 15 is 0 Å². The molecule has 1 aliphatic rings. The molecule has 1 fully saturated rings. The third kappa shape index (κ3) is 5.58. The van der Waals surface area contributed by atoms with Crippen molar-refractivity contribution in [3.8, 4) is 5.75 Å². The fraction of sp³-hybridized carbons (Fsp3) is 0.455. The molecule has 1 aliphatic heterocycles. The first-order valence-electron chi connectivity index (χ1n) is 9.54. The molecule has 2 aromatic rings. The van der Waals surface area contributed by atoms with Gasteiger partial charge in [0.15, 0.2) is 0 Å². The Balaban J connectivity index is 1.44. The van der Waals surface area contributed by atoms with Gasteiger partial charge < -0.3 is 14.5 Å². The minimum Gasteiger partial charge on any atom is -0.493 e. The molecule has 0 aromatic heterocycles. The molecule has 1 saturated heterocycles. The van der Waals surface area contributed by atoms with Crippen LogP contribution in [0, 0.1) is 0 Å². The molecule has 3 nitrogen and oxygen atoms in total. The maximum atomic E-state index is 6.11. The van der Waals surface area contributed by atoms with Crippen molar-refractivity contribution in [3.63, 3.8) is 0 Å². The molecule has 134 valence electrons. The van der Waals surface area contributed by atoms with Gasteiger partial charge in [-0.3, -0.25) is 0 Å². The summed E-state index contributed by atoms with van der Waals surface area (Å²) in [7, 11) is 0. The molecule has 0 bridgehead atoms. The zero-order chi connectivity index (χ0) is 17.3. The van der Waals surface area contributed by atoms with Crippen molar-refractivity contribution in [2.24, 2.45) is 0 Å². The van der Waals surface area contributed by atoms with Crippen molar-refractivity contribution >= 4 is 0 Å². The highest BCUT2D eigenvalue weighted by molar-refractivity contribution is 5.37. The van der Waals surface area contributed by atoms with Crippen molar-refractivity contribution in [3.05, 3.63) is 65.7 Å². The lowest BCUT2D eigenvalue weighted by Crippen LogP contribution is -2.46. The first-order chi connectivity index (χ1) is 12.3. The molecule has 3 heteroatoms. The lowest BCUT2D eigenvalue weighted by Gasteiger charge is -2.33. The fourth-order valence-electron chi connectivity index (χ4n) is 3.41. The number of hydrogen-bond donors (Lipinski definition) is 0. The molecule has 0 saturated carbocycles. The van der Waals surface area contributed by atoms with Gasteiger partial charge in [0.25, 0.3) is 0 Å². The van der Waals surface area contributed by atoms with Crippen LogP contribution in [-0.4, -0.2) is 55.7 Å². The van der Waals surface area contributed by atoms with Gasteiger partial charge in [0.2, 0.25) is 0 Å². The van der Waals surface area contributed by atoms with Gasteiger partial charge in [-0.1, -0.05) is 55.5 Å². The van der Waals surface area contributed by atoms with E-state index in [1.54, 1.807) is 0 Å². The monoisotopic (exact) mass is 338 g/mol. The van der Waals surface area contributed by atoms with Crippen LogP contribution in [0.15, 0.2) is 54.6 Å². The molecule has 0 aliphatic carbocycles. The van der Waals surface area contributed by atoms with Gasteiger partial charge in [-0.15, -0.1) is 0 Å². The van der Waals surface area contributed by atoms with E-state index in [0.29, 0.717) is 0 Å². The van der Waals surface area contributed by atoms with Gasteiger partial charge in [0.05, 0.1) is 6.61 Å². The first-order valence-corrected chi connectivity index (χ1v) is 9.54. The third-order valence-corrected chi connectivity index (χ3v) is 5.00. The van der Waals surface area contributed by atoms with Gasteiger partial charge in [-0.05, 0) is 30.2 Å². The van der Waals surface area contributed by atoms with Crippen LogP contribution in [0.5, 0.6) is 5.75 Å². The van der Waals surface area contributed by atoms with E-state index in [2.05, 4.69) is 71.3 Å². The summed E-state index contributed by atoms with van der Waals surface area (Å²) < 4.78 is 6.11. The second-order valence-corrected chi connectivity index (χ2v) is 6.75. The minimum atomic E-state index is 0.791. The largest absolute Gasteiger partial charge is 0.493 e. The minimum absolute atomic E-state index is 0.791. The lowest BCUT2D eigenvalue weighted by atomic mass is 10.0. The Labute approximate surface area is 152 Å². The quantitative estimate of drug-likeness (QED) is 0.683. The van der Waals surface area contributed by atoms with Crippen molar-refractivity contribution in [1.82, 2.24) is 9.80 Å². The molecule has 0 amide bonds. The van der Waals surface area contributed by atoms with Crippen molar-refractivity contribution < 1.29 is 4.74 Å². The summed E-state index contributed by atoms with van der Waals surface area (Å²) in [6.45, 7) is 10.1. The molecular formula is C22H30N2O. The van der Waals surface area contributed by atoms with Gasteiger partial charge in [-0.2, -0.15) is 0 Å². The molecule has 0 radical (unpaired) electrons. The van der Waals surface area contributed by atoms with Crippen molar-refractivity contribution in [1.29, 1.82) is 0 Å². The predicted octanol–water partition coefficient (Wildman–Crippen LogP) is 3.68. The van der Waals surface area contributed by atoms with E-state index in [0.717, 1.165) is 31.7 Å². The van der Waals surface area contributed by atoms with E-state index in [4.69, 9.17) is 4.74 Å². The van der Waals surface area contributed by atoms with E-state index in [1.807, 2.05) is 0 Å². The van der Waals surface area contributed by atoms with Crippen LogP contribution in [0.25, 0.3) is 0 Å². The number of rotatable bonds is 8. The summed E-state index contributed by atoms with van der Waals surface area (Å²) >= 11 is 0. The van der Waals surface area contributed by atoms with Crippen molar-refractivity contribution in [2.45, 2.75) is 19.8 Å². The van der Waals surface area contributed by atoms with Crippen LogP contribution < -0.4 is 4.74 Å². The molecule has 25 heavy (non-hydrogen) atoms. The molecular weight excluding hydrogens is 308 g/mol. The maximum absolute atomic E-state index is 6.11. The molecule has 3 rings (SSSR count). The standard InChI is InChI=1S/C22H30N2O/c1-2-23-14-16-24(17-15-23)13-8-18-25-22-12-7-6-11-21(22)19-20-9-4-3-5-10-20/h3-7,9-12H,2,8,13-19H2,1H3. The summed E-state index contributed by atoms with van der Waals surface area (Å²) in [6.07, 6.45) is 2.02. The highest BCUT2D eigenvalue weighted by atomic mass is 16.5. The van der Waals surface area contributed by atoms with E-state index in [1.165, 1.54) is 43.9 Å². The summed E-state index contributed by atoms with van der Waals surface area (Å²) in [5.74, 6) is 1.03. The number of benzene rings is 2. The Hall–Kier alpha value is -1.84. The van der Waals surface area contributed by atoms with Gasteiger partial charge >= 0.3 is 0 Å². The van der Waals surface area contributed by atoms with Crippen LogP contribution >= 0.6 is 0 Å². The summed E-state index contributed by atoms with van der Waals surface area (Å²) in [5, 5.41) is 0. The fourth-order valence-corrected chi connectivity index (χ4v) is 3.41. The first kappa shape index (κ1) is 18.0. The Bertz CT molecular complexity index is 621. The topological polar surface area (TPSA) is 15.7 Å². The van der Waals surface area contributed by atoms with Crippen LogP contribution in [0.1, 0.15) is 24.5 Å². The molecule has 0 N–H and O–H groups in total. The van der Waals surface area contributed by atoms with E-state index < -0.39 is 0 Å². The number of piperazine rings is 1. The molecule has 0 atom stereocenters. The normalized spacial score (nSPS) is 16.0. The summed E-state index contributed by atoms with van der Waals surface area (Å²) in [6, 6.07) is 19.0. The van der Waals surface area contributed by atoms with Gasteiger partial charge in [0, 0.05) is 39.1 Å². The van der Waals surface area contributed by atoms with Gasteiger partial charge in [0.1, 0.15) is 5.75 Å². The highest BCUT2D eigenvalue weighted by Gasteiger charge is 2.14. The zero-order valence-electron chi connectivity index (χ0n) is 15.4. The number of hydrogen-bond acceptors (Lipinski definition) is 3. The maximum Gasteiger partial charge on any atom is 0.122 e. The van der Waals surface area contributed by atoms with Crippen LogP contribution in [-0.2, 0) is 6.42 Å². The smallest absolute Gasteiger partial charge is 0.122 e. The van der Waals surface area contributed by atoms with E-state index in [-0.39, 0.29) is 0 Å². The number of likely N-dealkylation sites (N-methyl/N-ethyl adjacent to an activating group) is 1. The number of ether oxygens (including phenoxy) is 1. The molecule has 0 unspecified atom stereocenters. The lowest BCUT2D eigenvalue weighted by molar-refractivity contribution is 0.130. The van der Waals surface area contributed by atoms with Crippen LogP contribution in [0.2, 0.25) is 0 Å². The number of para-hydroxylation sites is 1. The summed E-state index contributed by atoms with van der Waals surface area (Å²) in [5.41, 5.74) is 2.60. The molecule has 0 spiro atoms. The third-order valence-electron chi connectivity index (χ3n) is 5.00. The predicted molar refractivity (Wildman–Crippen MR) is 104 cm³/mol. The molecule has 1 heterocycles. The van der Waals surface area contributed by atoms with E-state index in [9.17, 15) is 0 Å². The van der Waals surface area contributed by atoms with Crippen LogP contribution in [0.3, 0.4) is 0 Å². The Kier molecular flexibility index (Phi) is 6.89. The van der Waals surface area contributed by atoms with Crippen molar-refractivity contribution in [2.75, 3.05) is 45.9 Å². The summed E-state index contributed by atoms with van der Waals surface area (Å²) in [4.78, 5) is 5.08. The molecule has 2 aromatic carbocycles. The number of nitrogens with zero attached hydrogens (tertiary/aromatic N) is 2. The Morgan fingerprint density at radius 1 is 0.840 bits per heavy atom.